The predicted octanol–water partition coefficient (Wildman–Crippen LogP) is 3.82. The minimum Gasteiger partial charge on any atom is -0.482 e. The van der Waals surface area contributed by atoms with Gasteiger partial charge < -0.3 is 29.7 Å². The molecule has 1 fully saturated rings. The van der Waals surface area contributed by atoms with E-state index in [1.807, 2.05) is 30.3 Å². The second-order valence-corrected chi connectivity index (χ2v) is 9.78. The third-order valence-corrected chi connectivity index (χ3v) is 5.69. The molecule has 38 heavy (non-hydrogen) atoms. The Bertz CT molecular complexity index is 1130. The molecule has 10 nitrogen and oxygen atoms in total. The molecule has 0 aliphatic carbocycles. The molecule has 0 radical (unpaired) electrons. The van der Waals surface area contributed by atoms with Gasteiger partial charge in [0.05, 0.1) is 19.2 Å². The molecule has 204 valence electrons. The molecule has 2 atom stereocenters. The monoisotopic (exact) mass is 525 g/mol. The molecule has 0 saturated carbocycles. The maximum Gasteiger partial charge on any atom is 0.344 e. The zero-order valence-corrected chi connectivity index (χ0v) is 22.2. The van der Waals surface area contributed by atoms with Crippen LogP contribution in [0.2, 0.25) is 0 Å². The molecule has 1 heterocycles. The second-order valence-electron chi connectivity index (χ2n) is 9.78. The number of carbonyl (C=O) groups is 4. The van der Waals surface area contributed by atoms with Crippen molar-refractivity contribution < 1.29 is 33.4 Å². The zero-order chi connectivity index (χ0) is 27.7. The van der Waals surface area contributed by atoms with Crippen molar-refractivity contribution in [2.75, 3.05) is 25.1 Å². The molecule has 0 bridgehead atoms. The van der Waals surface area contributed by atoms with Crippen molar-refractivity contribution in [1.82, 2.24) is 10.2 Å². The van der Waals surface area contributed by atoms with Crippen molar-refractivity contribution >= 4 is 29.6 Å². The van der Waals surface area contributed by atoms with E-state index in [1.165, 1.54) is 4.90 Å². The minimum atomic E-state index is -0.745. The number of ether oxygens (including phenoxy) is 3. The number of benzene rings is 2. The van der Waals surface area contributed by atoms with Gasteiger partial charge in [-0.2, -0.15) is 0 Å². The van der Waals surface area contributed by atoms with Crippen molar-refractivity contribution in [2.24, 2.45) is 0 Å². The Hall–Kier alpha value is -4.08. The van der Waals surface area contributed by atoms with Crippen molar-refractivity contribution in [1.29, 1.82) is 0 Å². The molecule has 2 aromatic rings. The number of esters is 2. The summed E-state index contributed by atoms with van der Waals surface area (Å²) >= 11 is 0. The van der Waals surface area contributed by atoms with E-state index < -0.39 is 35.5 Å². The van der Waals surface area contributed by atoms with Crippen LogP contribution in [0.25, 0.3) is 0 Å². The third-order valence-electron chi connectivity index (χ3n) is 5.69. The number of anilines is 1. The number of hydrogen-bond acceptors (Lipinski definition) is 7. The molecule has 1 aliphatic heterocycles. The molecule has 3 rings (SSSR count). The maximum atomic E-state index is 13.3. The topological polar surface area (TPSA) is 123 Å². The van der Waals surface area contributed by atoms with Crippen LogP contribution in [0, 0.1) is 0 Å². The van der Waals surface area contributed by atoms with Crippen LogP contribution in [-0.2, 0) is 23.9 Å². The number of carbonyl (C=O) groups excluding carboxylic acids is 4. The predicted molar refractivity (Wildman–Crippen MR) is 140 cm³/mol. The number of rotatable bonds is 9. The molecule has 3 amide bonds. The first-order chi connectivity index (χ1) is 18.1. The fraction of sp³-hybridized carbons (Fsp3) is 0.429. The van der Waals surface area contributed by atoms with Crippen molar-refractivity contribution in [3.63, 3.8) is 0 Å². The lowest BCUT2D eigenvalue weighted by molar-refractivity contribution is -0.164. The van der Waals surface area contributed by atoms with Crippen molar-refractivity contribution in [3.05, 3.63) is 60.2 Å². The Labute approximate surface area is 222 Å². The minimum absolute atomic E-state index is 0.255. The van der Waals surface area contributed by atoms with Crippen LogP contribution in [-0.4, -0.2) is 60.2 Å². The Kier molecular flexibility index (Phi) is 9.70. The van der Waals surface area contributed by atoms with Gasteiger partial charge in [-0.1, -0.05) is 36.4 Å². The largest absolute Gasteiger partial charge is 0.482 e. The fourth-order valence-corrected chi connectivity index (χ4v) is 4.19. The highest BCUT2D eigenvalue weighted by Crippen LogP contribution is 2.37. The molecule has 1 aliphatic rings. The molecule has 2 aromatic carbocycles. The second kappa shape index (κ2) is 12.9. The van der Waals surface area contributed by atoms with Gasteiger partial charge >= 0.3 is 18.0 Å². The highest BCUT2D eigenvalue weighted by atomic mass is 16.6. The van der Waals surface area contributed by atoms with Crippen LogP contribution in [0.5, 0.6) is 5.75 Å². The molecule has 10 heteroatoms. The van der Waals surface area contributed by atoms with E-state index in [0.29, 0.717) is 24.3 Å². The molecule has 0 spiro atoms. The summed E-state index contributed by atoms with van der Waals surface area (Å²) < 4.78 is 15.8. The van der Waals surface area contributed by atoms with E-state index >= 15 is 0 Å². The standard InChI is InChI=1S/C28H35N3O7/c1-5-36-25(33)18-37-21-13-9-12-20(16-21)30-27(35)29-17-24(32)31-22(19-10-7-6-8-11-19)14-15-23(31)26(34)38-28(2,3)4/h6-13,16,22-23H,5,14-15,17-18H2,1-4H3,(H2,29,30,35). The number of hydrogen-bond donors (Lipinski definition) is 2. The SMILES string of the molecule is CCOC(=O)COc1cccc(NC(=O)NCC(=O)N2C(C(=O)OC(C)(C)C)CCC2c2ccccc2)c1. The highest BCUT2D eigenvalue weighted by Gasteiger charge is 2.43. The van der Waals surface area contributed by atoms with E-state index in [4.69, 9.17) is 14.2 Å². The summed E-state index contributed by atoms with van der Waals surface area (Å²) in [6, 6.07) is 14.3. The van der Waals surface area contributed by atoms with E-state index in [9.17, 15) is 19.2 Å². The lowest BCUT2D eigenvalue weighted by Gasteiger charge is -2.31. The first kappa shape index (κ1) is 28.5. The van der Waals surface area contributed by atoms with Crippen LogP contribution < -0.4 is 15.4 Å². The Balaban J connectivity index is 1.63. The van der Waals surface area contributed by atoms with Crippen LogP contribution >= 0.6 is 0 Å². The van der Waals surface area contributed by atoms with Gasteiger partial charge in [-0.3, -0.25) is 4.79 Å². The summed E-state index contributed by atoms with van der Waals surface area (Å²) in [7, 11) is 0. The number of nitrogens with one attached hydrogen (secondary N) is 2. The Morgan fingerprint density at radius 1 is 1.00 bits per heavy atom. The number of nitrogens with zero attached hydrogens (tertiary/aromatic N) is 1. The molecule has 2 unspecified atom stereocenters. The van der Waals surface area contributed by atoms with Gasteiger partial charge in [-0.15, -0.1) is 0 Å². The molecular formula is C28H35N3O7. The maximum absolute atomic E-state index is 13.3. The van der Waals surface area contributed by atoms with Gasteiger partial charge in [0.15, 0.2) is 6.61 Å². The van der Waals surface area contributed by atoms with Crippen molar-refractivity contribution in [2.45, 2.75) is 58.2 Å². The first-order valence-corrected chi connectivity index (χ1v) is 12.6. The summed E-state index contributed by atoms with van der Waals surface area (Å²) in [6.45, 7) is 6.74. The van der Waals surface area contributed by atoms with Gasteiger partial charge in [-0.25, -0.2) is 14.4 Å². The number of urea groups is 1. The molecule has 0 aromatic heterocycles. The summed E-state index contributed by atoms with van der Waals surface area (Å²) in [5, 5.41) is 5.21. The van der Waals surface area contributed by atoms with E-state index in [-0.39, 0.29) is 25.8 Å². The molecular weight excluding hydrogens is 490 g/mol. The van der Waals surface area contributed by atoms with E-state index in [1.54, 1.807) is 52.0 Å². The lowest BCUT2D eigenvalue weighted by atomic mass is 10.0. The molecule has 1 saturated heterocycles. The lowest BCUT2D eigenvalue weighted by Crippen LogP contribution is -2.48. The normalized spacial score (nSPS) is 16.9. The highest BCUT2D eigenvalue weighted by molar-refractivity contribution is 5.93. The Morgan fingerprint density at radius 2 is 1.74 bits per heavy atom. The third kappa shape index (κ3) is 8.22. The average molecular weight is 526 g/mol. The van der Waals surface area contributed by atoms with Gasteiger partial charge in [-0.05, 0) is 58.2 Å². The van der Waals surface area contributed by atoms with Crippen LogP contribution in [0.1, 0.15) is 52.1 Å². The summed E-state index contributed by atoms with van der Waals surface area (Å²) in [4.78, 5) is 51.8. The number of likely N-dealkylation sites (tertiary alicyclic amines) is 1. The van der Waals surface area contributed by atoms with E-state index in [0.717, 1.165) is 5.56 Å². The van der Waals surface area contributed by atoms with E-state index in [2.05, 4.69) is 10.6 Å². The van der Waals surface area contributed by atoms with Crippen molar-refractivity contribution in [3.8, 4) is 5.75 Å². The summed E-state index contributed by atoms with van der Waals surface area (Å²) in [6.07, 6.45) is 1.06. The smallest absolute Gasteiger partial charge is 0.344 e. The quantitative estimate of drug-likeness (QED) is 0.477. The summed E-state index contributed by atoms with van der Waals surface area (Å²) in [5.74, 6) is -0.986. The van der Waals surface area contributed by atoms with Gasteiger partial charge in [0.2, 0.25) is 5.91 Å². The number of amides is 3. The van der Waals surface area contributed by atoms with Gasteiger partial charge in [0.25, 0.3) is 0 Å². The average Bonchev–Trinajstić information content (AvgIpc) is 3.32. The van der Waals surface area contributed by atoms with Crippen LogP contribution in [0.15, 0.2) is 54.6 Å². The van der Waals surface area contributed by atoms with Crippen LogP contribution in [0.3, 0.4) is 0 Å². The zero-order valence-electron chi connectivity index (χ0n) is 22.2. The van der Waals surface area contributed by atoms with Crippen LogP contribution in [0.4, 0.5) is 10.5 Å². The Morgan fingerprint density at radius 3 is 2.42 bits per heavy atom. The van der Waals surface area contributed by atoms with Gasteiger partial charge in [0.1, 0.15) is 17.4 Å². The summed E-state index contributed by atoms with van der Waals surface area (Å²) in [5.41, 5.74) is 0.630. The first-order valence-electron chi connectivity index (χ1n) is 12.6. The van der Waals surface area contributed by atoms with Gasteiger partial charge in [0, 0.05) is 11.8 Å². The fourth-order valence-electron chi connectivity index (χ4n) is 4.19. The molecule has 2 N–H and O–H groups in total.